The van der Waals surface area contributed by atoms with Crippen molar-refractivity contribution in [1.29, 1.82) is 0 Å². The molecule has 1 heterocycles. The molecular formula is C10H20O5. The molecule has 0 amide bonds. The van der Waals surface area contributed by atoms with Crippen molar-refractivity contribution in [3.8, 4) is 0 Å². The molecule has 0 unspecified atom stereocenters. The predicted molar refractivity (Wildman–Crippen MR) is 53.5 cm³/mol. The number of hydrogen-bond donors (Lipinski definition) is 3. The van der Waals surface area contributed by atoms with E-state index in [4.69, 9.17) is 14.6 Å². The Morgan fingerprint density at radius 2 is 1.93 bits per heavy atom. The second kappa shape index (κ2) is 5.77. The lowest BCUT2D eigenvalue weighted by atomic mass is 9.96. The Kier molecular flexibility index (Phi) is 4.95. The van der Waals surface area contributed by atoms with Gasteiger partial charge in [-0.15, -0.1) is 0 Å². The highest BCUT2D eigenvalue weighted by Crippen LogP contribution is 2.23. The summed E-state index contributed by atoms with van der Waals surface area (Å²) in [7, 11) is 0. The smallest absolute Gasteiger partial charge is 0.114 e. The summed E-state index contributed by atoms with van der Waals surface area (Å²) in [6.45, 7) is 3.86. The molecule has 3 N–H and O–H groups in total. The van der Waals surface area contributed by atoms with Crippen LogP contribution in [-0.2, 0) is 9.47 Å². The highest BCUT2D eigenvalue weighted by Gasteiger charge is 2.42. The van der Waals surface area contributed by atoms with E-state index in [1.807, 2.05) is 6.92 Å². The zero-order valence-electron chi connectivity index (χ0n) is 9.17. The van der Waals surface area contributed by atoms with E-state index in [2.05, 4.69) is 0 Å². The third kappa shape index (κ3) is 2.89. The molecular weight excluding hydrogens is 200 g/mol. The van der Waals surface area contributed by atoms with E-state index in [0.717, 1.165) is 6.42 Å². The topological polar surface area (TPSA) is 79.2 Å². The SMILES string of the molecule is CCCO[C@H]1[C@H](O)[C@@H](O)[C@@H](C)O[C@@H]1CO. The second-order valence-electron chi connectivity index (χ2n) is 3.88. The summed E-state index contributed by atoms with van der Waals surface area (Å²) in [6, 6.07) is 0. The van der Waals surface area contributed by atoms with E-state index < -0.39 is 30.5 Å². The average molecular weight is 220 g/mol. The fraction of sp³-hybridized carbons (Fsp3) is 1.00. The molecule has 1 aliphatic heterocycles. The van der Waals surface area contributed by atoms with Crippen molar-refractivity contribution in [1.82, 2.24) is 0 Å². The van der Waals surface area contributed by atoms with Gasteiger partial charge in [-0.2, -0.15) is 0 Å². The minimum Gasteiger partial charge on any atom is -0.394 e. The van der Waals surface area contributed by atoms with Gasteiger partial charge in [0.2, 0.25) is 0 Å². The van der Waals surface area contributed by atoms with E-state index in [0.29, 0.717) is 6.61 Å². The lowest BCUT2D eigenvalue weighted by molar-refractivity contribution is -0.237. The Morgan fingerprint density at radius 3 is 2.47 bits per heavy atom. The van der Waals surface area contributed by atoms with Gasteiger partial charge in [-0.3, -0.25) is 0 Å². The predicted octanol–water partition coefficient (Wildman–Crippen LogP) is -0.717. The zero-order valence-corrected chi connectivity index (χ0v) is 9.17. The molecule has 1 fully saturated rings. The quantitative estimate of drug-likeness (QED) is 0.583. The van der Waals surface area contributed by atoms with Crippen LogP contribution in [0.4, 0.5) is 0 Å². The molecule has 90 valence electrons. The summed E-state index contributed by atoms with van der Waals surface area (Å²) in [4.78, 5) is 0. The van der Waals surface area contributed by atoms with Crippen LogP contribution in [0.1, 0.15) is 20.3 Å². The minimum atomic E-state index is -1.00. The van der Waals surface area contributed by atoms with Crippen molar-refractivity contribution in [3.05, 3.63) is 0 Å². The number of hydrogen-bond acceptors (Lipinski definition) is 5. The summed E-state index contributed by atoms with van der Waals surface area (Å²) >= 11 is 0. The van der Waals surface area contributed by atoms with Crippen LogP contribution in [0.5, 0.6) is 0 Å². The van der Waals surface area contributed by atoms with Gasteiger partial charge in [-0.1, -0.05) is 6.92 Å². The van der Waals surface area contributed by atoms with Crippen molar-refractivity contribution in [2.24, 2.45) is 0 Å². The van der Waals surface area contributed by atoms with E-state index in [-0.39, 0.29) is 6.61 Å². The Labute approximate surface area is 89.6 Å². The Morgan fingerprint density at radius 1 is 1.27 bits per heavy atom. The molecule has 5 heteroatoms. The number of ether oxygens (including phenoxy) is 2. The molecule has 1 saturated heterocycles. The van der Waals surface area contributed by atoms with Crippen LogP contribution in [0, 0.1) is 0 Å². The second-order valence-corrected chi connectivity index (χ2v) is 3.88. The molecule has 0 aliphatic carbocycles. The third-order valence-electron chi connectivity index (χ3n) is 2.62. The normalized spacial score (nSPS) is 41.8. The van der Waals surface area contributed by atoms with Crippen LogP contribution in [0.15, 0.2) is 0 Å². The first-order valence-corrected chi connectivity index (χ1v) is 5.35. The maximum absolute atomic E-state index is 9.77. The first-order chi connectivity index (χ1) is 7.11. The molecule has 5 nitrogen and oxygen atoms in total. The van der Waals surface area contributed by atoms with Gasteiger partial charge in [0.1, 0.15) is 24.4 Å². The third-order valence-corrected chi connectivity index (χ3v) is 2.62. The summed E-state index contributed by atoms with van der Waals surface area (Å²) in [5.41, 5.74) is 0. The van der Waals surface area contributed by atoms with Gasteiger partial charge in [0.15, 0.2) is 0 Å². The standard InChI is InChI=1S/C10H20O5/c1-3-4-14-10-7(5-11)15-6(2)8(12)9(10)13/h6-13H,3-5H2,1-2H3/t6-,7-,8+,9-,10-/m1/s1. The van der Waals surface area contributed by atoms with Crippen molar-refractivity contribution < 1.29 is 24.8 Å². The van der Waals surface area contributed by atoms with Crippen LogP contribution >= 0.6 is 0 Å². The minimum absolute atomic E-state index is 0.220. The van der Waals surface area contributed by atoms with Gasteiger partial charge in [-0.25, -0.2) is 0 Å². The molecule has 5 atom stereocenters. The first kappa shape index (κ1) is 12.9. The number of aliphatic hydroxyl groups is 3. The molecule has 0 bridgehead atoms. The molecule has 1 aliphatic rings. The molecule has 15 heavy (non-hydrogen) atoms. The highest BCUT2D eigenvalue weighted by molar-refractivity contribution is 4.91. The molecule has 0 radical (unpaired) electrons. The van der Waals surface area contributed by atoms with Gasteiger partial charge in [-0.05, 0) is 13.3 Å². The lowest BCUT2D eigenvalue weighted by Crippen LogP contribution is -2.58. The first-order valence-electron chi connectivity index (χ1n) is 5.35. The summed E-state index contributed by atoms with van der Waals surface area (Å²) < 4.78 is 10.7. The van der Waals surface area contributed by atoms with Crippen LogP contribution in [0.25, 0.3) is 0 Å². The van der Waals surface area contributed by atoms with Crippen LogP contribution < -0.4 is 0 Å². The summed E-state index contributed by atoms with van der Waals surface area (Å²) in [5, 5.41) is 28.4. The van der Waals surface area contributed by atoms with E-state index >= 15 is 0 Å². The van der Waals surface area contributed by atoms with Crippen molar-refractivity contribution >= 4 is 0 Å². The number of rotatable bonds is 4. The average Bonchev–Trinajstić information content (AvgIpc) is 2.24. The fourth-order valence-corrected chi connectivity index (χ4v) is 1.73. The largest absolute Gasteiger partial charge is 0.394 e. The van der Waals surface area contributed by atoms with E-state index in [1.54, 1.807) is 6.92 Å². The van der Waals surface area contributed by atoms with Gasteiger partial charge >= 0.3 is 0 Å². The van der Waals surface area contributed by atoms with Gasteiger partial charge in [0.25, 0.3) is 0 Å². The van der Waals surface area contributed by atoms with Crippen molar-refractivity contribution in [3.63, 3.8) is 0 Å². The Bertz CT molecular complexity index is 185. The van der Waals surface area contributed by atoms with E-state index in [9.17, 15) is 10.2 Å². The molecule has 0 aromatic heterocycles. The molecule has 0 aromatic carbocycles. The molecule has 0 spiro atoms. The van der Waals surface area contributed by atoms with Crippen LogP contribution in [-0.4, -0.2) is 59.1 Å². The van der Waals surface area contributed by atoms with Crippen LogP contribution in [0.2, 0.25) is 0 Å². The van der Waals surface area contributed by atoms with Crippen LogP contribution in [0.3, 0.4) is 0 Å². The summed E-state index contributed by atoms with van der Waals surface area (Å²) in [6.07, 6.45) is -2.86. The summed E-state index contributed by atoms with van der Waals surface area (Å²) in [5.74, 6) is 0. The van der Waals surface area contributed by atoms with E-state index in [1.165, 1.54) is 0 Å². The molecule has 0 aromatic rings. The highest BCUT2D eigenvalue weighted by atomic mass is 16.6. The van der Waals surface area contributed by atoms with Crippen molar-refractivity contribution in [2.45, 2.75) is 50.8 Å². The van der Waals surface area contributed by atoms with Gasteiger partial charge < -0.3 is 24.8 Å². The molecule has 1 rings (SSSR count). The Balaban J connectivity index is 2.62. The van der Waals surface area contributed by atoms with Crippen molar-refractivity contribution in [2.75, 3.05) is 13.2 Å². The van der Waals surface area contributed by atoms with Gasteiger partial charge in [0, 0.05) is 6.61 Å². The monoisotopic (exact) mass is 220 g/mol. The zero-order chi connectivity index (χ0) is 11.4. The maximum atomic E-state index is 9.77. The number of aliphatic hydroxyl groups excluding tert-OH is 3. The molecule has 0 saturated carbocycles. The maximum Gasteiger partial charge on any atom is 0.114 e. The Hall–Kier alpha value is -0.200. The van der Waals surface area contributed by atoms with Gasteiger partial charge in [0.05, 0.1) is 12.7 Å². The fourth-order valence-electron chi connectivity index (χ4n) is 1.73. The lowest BCUT2D eigenvalue weighted by Gasteiger charge is -2.40.